The first kappa shape index (κ1) is 16.0. The van der Waals surface area contributed by atoms with Gasteiger partial charge in [-0.1, -0.05) is 18.3 Å². The number of amides is 1. The largest absolute Gasteiger partial charge is 0.382 e. The molecule has 2 rings (SSSR count). The van der Waals surface area contributed by atoms with Gasteiger partial charge in [-0.05, 0) is 20.4 Å². The van der Waals surface area contributed by atoms with Gasteiger partial charge in [0.05, 0.1) is 0 Å². The molecule has 1 atom stereocenters. The fourth-order valence-electron chi connectivity index (χ4n) is 2.64. The quantitative estimate of drug-likeness (QED) is 0.909. The Morgan fingerprint density at radius 1 is 1.52 bits per heavy atom. The number of hydrogen-bond acceptors (Lipinski definition) is 6. The highest BCUT2D eigenvalue weighted by molar-refractivity contribution is 7.18. The summed E-state index contributed by atoms with van der Waals surface area (Å²) in [5.74, 6) is 0.371. The van der Waals surface area contributed by atoms with E-state index in [-0.39, 0.29) is 11.9 Å². The lowest BCUT2D eigenvalue weighted by Crippen LogP contribution is -2.52. The van der Waals surface area contributed by atoms with Crippen LogP contribution in [0.4, 0.5) is 10.9 Å². The molecule has 1 fully saturated rings. The summed E-state index contributed by atoms with van der Waals surface area (Å²) in [6.07, 6.45) is 1.04. The van der Waals surface area contributed by atoms with Gasteiger partial charge in [0.15, 0.2) is 5.13 Å². The Bertz CT molecular complexity index is 504. The molecule has 6 nitrogen and oxygen atoms in total. The normalized spacial score (nSPS) is 19.8. The molecule has 0 radical (unpaired) electrons. The second-order valence-electron chi connectivity index (χ2n) is 5.74. The van der Waals surface area contributed by atoms with Gasteiger partial charge in [0, 0.05) is 39.3 Å². The second kappa shape index (κ2) is 6.62. The van der Waals surface area contributed by atoms with E-state index >= 15 is 0 Å². The van der Waals surface area contributed by atoms with Gasteiger partial charge in [-0.2, -0.15) is 0 Å². The van der Waals surface area contributed by atoms with E-state index in [1.807, 2.05) is 16.8 Å². The third kappa shape index (κ3) is 3.47. The summed E-state index contributed by atoms with van der Waals surface area (Å²) in [4.78, 5) is 23.8. The number of hydrogen-bond donors (Lipinski definition) is 1. The maximum atomic E-state index is 12.7. The van der Waals surface area contributed by atoms with Crippen molar-refractivity contribution in [3.05, 3.63) is 4.88 Å². The van der Waals surface area contributed by atoms with Gasteiger partial charge in [-0.15, -0.1) is 0 Å². The van der Waals surface area contributed by atoms with Crippen LogP contribution in [-0.4, -0.2) is 67.0 Å². The lowest BCUT2D eigenvalue weighted by molar-refractivity contribution is 0.0539. The van der Waals surface area contributed by atoms with Crippen LogP contribution in [0.3, 0.4) is 0 Å². The van der Waals surface area contributed by atoms with Crippen LogP contribution in [0.15, 0.2) is 0 Å². The van der Waals surface area contributed by atoms with Crippen LogP contribution in [0, 0.1) is 0 Å². The number of piperazine rings is 1. The fourth-order valence-corrected chi connectivity index (χ4v) is 3.57. The number of nitrogen functional groups attached to an aromatic ring is 1. The van der Waals surface area contributed by atoms with Gasteiger partial charge >= 0.3 is 0 Å². The molecule has 1 saturated heterocycles. The second-order valence-corrected chi connectivity index (χ2v) is 6.72. The summed E-state index contributed by atoms with van der Waals surface area (Å²) < 4.78 is 0. The van der Waals surface area contributed by atoms with E-state index < -0.39 is 0 Å². The molecule has 0 saturated carbocycles. The smallest absolute Gasteiger partial charge is 0.268 e. The van der Waals surface area contributed by atoms with Crippen molar-refractivity contribution in [1.29, 1.82) is 0 Å². The molecule has 1 aromatic rings. The van der Waals surface area contributed by atoms with Gasteiger partial charge in [0.2, 0.25) is 0 Å². The predicted octanol–water partition coefficient (Wildman–Crippen LogP) is 1.35. The van der Waals surface area contributed by atoms with E-state index in [1.165, 1.54) is 11.3 Å². The predicted molar refractivity (Wildman–Crippen MR) is 88.1 cm³/mol. The molecule has 1 aliphatic rings. The standard InChI is InChI=1S/C14H25N5OS/c1-5-6-18(4)14-16-12(15)11(21-14)13(20)19-8-7-17(3)9-10(19)2/h10H,5-9,15H2,1-4H3. The Morgan fingerprint density at radius 3 is 2.86 bits per heavy atom. The molecule has 2 heterocycles. The zero-order valence-corrected chi connectivity index (χ0v) is 14.1. The van der Waals surface area contributed by atoms with Crippen LogP contribution < -0.4 is 10.6 Å². The lowest BCUT2D eigenvalue weighted by atomic mass is 10.2. The van der Waals surface area contributed by atoms with E-state index in [4.69, 9.17) is 5.73 Å². The van der Waals surface area contributed by atoms with Crippen molar-refractivity contribution in [2.75, 3.05) is 50.9 Å². The molecule has 1 amide bonds. The first-order valence-corrected chi connectivity index (χ1v) is 8.22. The summed E-state index contributed by atoms with van der Waals surface area (Å²) in [6.45, 7) is 7.64. The number of carbonyl (C=O) groups excluding carboxylic acids is 1. The topological polar surface area (TPSA) is 65.7 Å². The zero-order chi connectivity index (χ0) is 15.6. The van der Waals surface area contributed by atoms with E-state index in [2.05, 4.69) is 30.8 Å². The molecule has 118 valence electrons. The number of thiazole rings is 1. The summed E-state index contributed by atoms with van der Waals surface area (Å²) in [7, 11) is 4.06. The fraction of sp³-hybridized carbons (Fsp3) is 0.714. The number of likely N-dealkylation sites (N-methyl/N-ethyl adjacent to an activating group) is 1. The van der Waals surface area contributed by atoms with Crippen molar-refractivity contribution in [1.82, 2.24) is 14.8 Å². The van der Waals surface area contributed by atoms with Gasteiger partial charge in [-0.25, -0.2) is 4.98 Å². The Labute approximate surface area is 130 Å². The average molecular weight is 311 g/mol. The molecule has 21 heavy (non-hydrogen) atoms. The molecular weight excluding hydrogens is 286 g/mol. The SMILES string of the molecule is CCCN(C)c1nc(N)c(C(=O)N2CCN(C)CC2C)s1. The minimum absolute atomic E-state index is 0.0155. The third-order valence-corrected chi connectivity index (χ3v) is 4.99. The summed E-state index contributed by atoms with van der Waals surface area (Å²) >= 11 is 1.40. The molecule has 0 aromatic carbocycles. The molecule has 1 unspecified atom stereocenters. The maximum absolute atomic E-state index is 12.7. The highest BCUT2D eigenvalue weighted by Gasteiger charge is 2.29. The van der Waals surface area contributed by atoms with Gasteiger partial charge in [0.1, 0.15) is 10.7 Å². The molecule has 0 bridgehead atoms. The highest BCUT2D eigenvalue weighted by Crippen LogP contribution is 2.29. The Balaban J connectivity index is 2.16. The van der Waals surface area contributed by atoms with E-state index in [0.717, 1.165) is 37.7 Å². The van der Waals surface area contributed by atoms with Gasteiger partial charge in [-0.3, -0.25) is 4.79 Å². The van der Waals surface area contributed by atoms with Crippen molar-refractivity contribution < 1.29 is 4.79 Å². The van der Waals surface area contributed by atoms with Crippen molar-refractivity contribution >= 4 is 28.2 Å². The van der Waals surface area contributed by atoms with Crippen LogP contribution in [-0.2, 0) is 0 Å². The molecule has 2 N–H and O–H groups in total. The van der Waals surface area contributed by atoms with Crippen molar-refractivity contribution in [3.63, 3.8) is 0 Å². The van der Waals surface area contributed by atoms with E-state index in [1.54, 1.807) is 0 Å². The van der Waals surface area contributed by atoms with Crippen molar-refractivity contribution in [2.24, 2.45) is 0 Å². The molecule has 0 spiro atoms. The molecule has 1 aliphatic heterocycles. The maximum Gasteiger partial charge on any atom is 0.268 e. The Kier molecular flexibility index (Phi) is 5.05. The molecule has 7 heteroatoms. The van der Waals surface area contributed by atoms with Gasteiger partial charge in [0.25, 0.3) is 5.91 Å². The third-order valence-electron chi connectivity index (χ3n) is 3.81. The Morgan fingerprint density at radius 2 is 2.24 bits per heavy atom. The first-order valence-electron chi connectivity index (χ1n) is 7.41. The van der Waals surface area contributed by atoms with Gasteiger partial charge < -0.3 is 20.4 Å². The lowest BCUT2D eigenvalue weighted by Gasteiger charge is -2.38. The average Bonchev–Trinajstić information content (AvgIpc) is 2.80. The summed E-state index contributed by atoms with van der Waals surface area (Å²) in [5, 5.41) is 0.819. The van der Waals surface area contributed by atoms with Crippen LogP contribution in [0.5, 0.6) is 0 Å². The van der Waals surface area contributed by atoms with Crippen LogP contribution in [0.2, 0.25) is 0 Å². The number of rotatable bonds is 4. The molecule has 1 aromatic heterocycles. The number of aromatic nitrogens is 1. The minimum Gasteiger partial charge on any atom is -0.382 e. The van der Waals surface area contributed by atoms with Crippen LogP contribution in [0.1, 0.15) is 29.9 Å². The number of carbonyl (C=O) groups is 1. The molecule has 0 aliphatic carbocycles. The minimum atomic E-state index is 0.0155. The van der Waals surface area contributed by atoms with Crippen LogP contribution >= 0.6 is 11.3 Å². The number of nitrogens with two attached hydrogens (primary N) is 1. The zero-order valence-electron chi connectivity index (χ0n) is 13.3. The van der Waals surface area contributed by atoms with Crippen molar-refractivity contribution in [3.8, 4) is 0 Å². The first-order chi connectivity index (χ1) is 9.93. The van der Waals surface area contributed by atoms with E-state index in [9.17, 15) is 4.79 Å². The number of anilines is 2. The van der Waals surface area contributed by atoms with Crippen LogP contribution in [0.25, 0.3) is 0 Å². The van der Waals surface area contributed by atoms with E-state index in [0.29, 0.717) is 10.7 Å². The summed E-state index contributed by atoms with van der Waals surface area (Å²) in [6, 6.07) is 0.203. The monoisotopic (exact) mass is 311 g/mol. The highest BCUT2D eigenvalue weighted by atomic mass is 32.1. The number of nitrogens with zero attached hydrogens (tertiary/aromatic N) is 4. The molecular formula is C14H25N5OS. The Hall–Kier alpha value is -1.34. The summed E-state index contributed by atoms with van der Waals surface area (Å²) in [5.41, 5.74) is 5.97. The van der Waals surface area contributed by atoms with Crippen molar-refractivity contribution in [2.45, 2.75) is 26.3 Å².